The smallest absolute Gasteiger partial charge is 0.0740 e. The lowest BCUT2D eigenvalue weighted by Crippen LogP contribution is -1.95. The second kappa shape index (κ2) is 6.54. The fourth-order valence-electron chi connectivity index (χ4n) is 3.22. The summed E-state index contributed by atoms with van der Waals surface area (Å²) in [7, 11) is 0. The summed E-state index contributed by atoms with van der Waals surface area (Å²) in [5.74, 6) is 0. The quantitative estimate of drug-likeness (QED) is 0.478. The van der Waals surface area contributed by atoms with Crippen LogP contribution in [0.4, 0.5) is 0 Å². The molecule has 24 heavy (non-hydrogen) atoms. The fourth-order valence-corrected chi connectivity index (χ4v) is 3.83. The third-order valence-corrected chi connectivity index (χ3v) is 5.06. The van der Waals surface area contributed by atoms with Crippen LogP contribution in [0.15, 0.2) is 65.3 Å². The highest BCUT2D eigenvalue weighted by Gasteiger charge is 2.19. The van der Waals surface area contributed by atoms with Crippen LogP contribution >= 0.6 is 27.5 Å². The Morgan fingerprint density at radius 2 is 1.83 bits per heavy atom. The molecule has 4 rings (SSSR count). The molecular weight excluding hydrogens is 382 g/mol. The molecule has 0 atom stereocenters. The van der Waals surface area contributed by atoms with E-state index in [2.05, 4.69) is 63.4 Å². The van der Waals surface area contributed by atoms with Crippen molar-refractivity contribution in [2.75, 3.05) is 0 Å². The number of benzene rings is 2. The second-order valence-electron chi connectivity index (χ2n) is 5.93. The average molecular weight is 397 g/mol. The molecular formula is C21H15BrClN. The molecule has 0 spiro atoms. The van der Waals surface area contributed by atoms with Gasteiger partial charge in [-0.25, -0.2) is 0 Å². The first kappa shape index (κ1) is 15.6. The Morgan fingerprint density at radius 3 is 2.71 bits per heavy atom. The van der Waals surface area contributed by atoms with Crippen LogP contribution < -0.4 is 0 Å². The first-order valence-electron chi connectivity index (χ1n) is 7.91. The largest absolute Gasteiger partial charge is 0.256 e. The third-order valence-electron chi connectivity index (χ3n) is 4.33. The van der Waals surface area contributed by atoms with Gasteiger partial charge in [-0.1, -0.05) is 51.8 Å². The van der Waals surface area contributed by atoms with E-state index in [0.29, 0.717) is 0 Å². The van der Waals surface area contributed by atoms with E-state index in [1.165, 1.54) is 16.7 Å². The topological polar surface area (TPSA) is 12.9 Å². The summed E-state index contributed by atoms with van der Waals surface area (Å²) in [6.07, 6.45) is 6.04. The standard InChI is InChI=1S/C21H15BrClN/c22-17-5-1-3-14(11-17)12-20-19-9-8-18(23)13-16(19)7-6-15-4-2-10-24-21(15)20/h1-5,8-13H,6-7H2/b20-12+. The van der Waals surface area contributed by atoms with Gasteiger partial charge in [-0.05, 0) is 71.5 Å². The zero-order valence-corrected chi connectivity index (χ0v) is 15.3. The maximum Gasteiger partial charge on any atom is 0.0740 e. The second-order valence-corrected chi connectivity index (χ2v) is 7.28. The van der Waals surface area contributed by atoms with E-state index in [4.69, 9.17) is 11.6 Å². The van der Waals surface area contributed by atoms with E-state index < -0.39 is 0 Å². The molecule has 0 bridgehead atoms. The predicted octanol–water partition coefficient (Wildman–Crippen LogP) is 6.19. The van der Waals surface area contributed by atoms with Crippen LogP contribution in [0.25, 0.3) is 11.6 Å². The maximum absolute atomic E-state index is 6.23. The van der Waals surface area contributed by atoms with Crippen LogP contribution in [-0.2, 0) is 12.8 Å². The van der Waals surface area contributed by atoms with Gasteiger partial charge in [-0.15, -0.1) is 0 Å². The molecule has 118 valence electrons. The molecule has 0 N–H and O–H groups in total. The monoisotopic (exact) mass is 395 g/mol. The number of fused-ring (bicyclic) bond motifs is 2. The van der Waals surface area contributed by atoms with Crippen LogP contribution in [0, 0.1) is 0 Å². The number of hydrogen-bond donors (Lipinski definition) is 0. The Bertz CT molecular complexity index is 946. The van der Waals surface area contributed by atoms with E-state index in [9.17, 15) is 0 Å². The molecule has 2 aromatic carbocycles. The predicted molar refractivity (Wildman–Crippen MR) is 104 cm³/mol. The van der Waals surface area contributed by atoms with E-state index >= 15 is 0 Å². The van der Waals surface area contributed by atoms with Crippen molar-refractivity contribution in [3.63, 3.8) is 0 Å². The lowest BCUT2D eigenvalue weighted by Gasteiger charge is -2.11. The van der Waals surface area contributed by atoms with Crippen LogP contribution in [0.3, 0.4) is 0 Å². The van der Waals surface area contributed by atoms with Gasteiger partial charge in [0.2, 0.25) is 0 Å². The minimum atomic E-state index is 0.787. The van der Waals surface area contributed by atoms with E-state index in [-0.39, 0.29) is 0 Å². The summed E-state index contributed by atoms with van der Waals surface area (Å²) in [6, 6.07) is 18.7. The van der Waals surface area contributed by atoms with Crippen molar-refractivity contribution in [2.45, 2.75) is 12.8 Å². The van der Waals surface area contributed by atoms with Crippen molar-refractivity contribution >= 4 is 39.2 Å². The normalized spacial score (nSPS) is 14.8. The van der Waals surface area contributed by atoms with Crippen molar-refractivity contribution in [1.82, 2.24) is 4.98 Å². The maximum atomic E-state index is 6.23. The summed E-state index contributed by atoms with van der Waals surface area (Å²) < 4.78 is 1.07. The van der Waals surface area contributed by atoms with Gasteiger partial charge in [0.1, 0.15) is 0 Å². The first-order chi connectivity index (χ1) is 11.7. The van der Waals surface area contributed by atoms with Gasteiger partial charge < -0.3 is 0 Å². The lowest BCUT2D eigenvalue weighted by molar-refractivity contribution is 0.955. The van der Waals surface area contributed by atoms with Crippen LogP contribution in [0.5, 0.6) is 0 Å². The molecule has 0 saturated heterocycles. The summed E-state index contributed by atoms with van der Waals surface area (Å²) in [6.45, 7) is 0. The molecule has 3 heteroatoms. The zero-order chi connectivity index (χ0) is 16.5. The molecule has 1 aromatic heterocycles. The van der Waals surface area contributed by atoms with Crippen LogP contribution in [0.1, 0.15) is 27.9 Å². The third kappa shape index (κ3) is 3.04. The highest BCUT2D eigenvalue weighted by molar-refractivity contribution is 9.10. The molecule has 0 unspecified atom stereocenters. The Hall–Kier alpha value is -1.90. The number of aromatic nitrogens is 1. The average Bonchev–Trinajstić information content (AvgIpc) is 2.73. The number of pyridine rings is 1. The van der Waals surface area contributed by atoms with E-state index in [1.54, 1.807) is 0 Å². The van der Waals surface area contributed by atoms with Gasteiger partial charge in [0.25, 0.3) is 0 Å². The summed E-state index contributed by atoms with van der Waals surface area (Å²) in [4.78, 5) is 4.69. The van der Waals surface area contributed by atoms with Crippen LogP contribution in [-0.4, -0.2) is 4.98 Å². The van der Waals surface area contributed by atoms with Gasteiger partial charge in [-0.3, -0.25) is 4.98 Å². The lowest BCUT2D eigenvalue weighted by atomic mass is 9.95. The highest BCUT2D eigenvalue weighted by Crippen LogP contribution is 2.35. The van der Waals surface area contributed by atoms with Gasteiger partial charge in [0, 0.05) is 21.3 Å². The van der Waals surface area contributed by atoms with Crippen molar-refractivity contribution in [2.24, 2.45) is 0 Å². The Balaban J connectivity index is 1.97. The molecule has 0 saturated carbocycles. The van der Waals surface area contributed by atoms with Gasteiger partial charge in [-0.2, -0.15) is 0 Å². The molecule has 3 aromatic rings. The molecule has 1 nitrogen and oxygen atoms in total. The summed E-state index contributed by atoms with van der Waals surface area (Å²) in [5.41, 5.74) is 7.16. The number of halogens is 2. The molecule has 1 heterocycles. The molecule has 0 fully saturated rings. The van der Waals surface area contributed by atoms with Crippen LogP contribution in [0.2, 0.25) is 5.02 Å². The van der Waals surface area contributed by atoms with E-state index in [1.807, 2.05) is 24.4 Å². The first-order valence-corrected chi connectivity index (χ1v) is 9.08. The molecule has 1 aliphatic rings. The van der Waals surface area contributed by atoms with Crippen molar-refractivity contribution in [1.29, 1.82) is 0 Å². The molecule has 0 amide bonds. The fraction of sp³-hybridized carbons (Fsp3) is 0.0952. The summed E-state index contributed by atoms with van der Waals surface area (Å²) >= 11 is 9.78. The number of nitrogens with zero attached hydrogens (tertiary/aromatic N) is 1. The number of aryl methyl sites for hydroxylation is 2. The van der Waals surface area contributed by atoms with E-state index in [0.717, 1.165) is 39.2 Å². The van der Waals surface area contributed by atoms with Crippen molar-refractivity contribution < 1.29 is 0 Å². The summed E-state index contributed by atoms with van der Waals surface area (Å²) in [5, 5.41) is 0.787. The number of rotatable bonds is 1. The molecule has 1 aliphatic carbocycles. The molecule has 0 radical (unpaired) electrons. The minimum absolute atomic E-state index is 0.787. The SMILES string of the molecule is Clc1ccc2c(c1)CCc1cccnc1/C2=C/c1cccc(Br)c1. The Labute approximate surface area is 155 Å². The Morgan fingerprint density at radius 1 is 0.958 bits per heavy atom. The highest BCUT2D eigenvalue weighted by atomic mass is 79.9. The van der Waals surface area contributed by atoms with Gasteiger partial charge in [0.15, 0.2) is 0 Å². The minimum Gasteiger partial charge on any atom is -0.256 e. The molecule has 0 aliphatic heterocycles. The van der Waals surface area contributed by atoms with Crippen molar-refractivity contribution in [3.05, 3.63) is 98.2 Å². The van der Waals surface area contributed by atoms with Crippen molar-refractivity contribution in [3.8, 4) is 0 Å². The Kier molecular flexibility index (Phi) is 4.26. The zero-order valence-electron chi connectivity index (χ0n) is 13.0. The van der Waals surface area contributed by atoms with Gasteiger partial charge in [0.05, 0.1) is 5.69 Å². The van der Waals surface area contributed by atoms with Gasteiger partial charge >= 0.3 is 0 Å². The number of hydrogen-bond acceptors (Lipinski definition) is 1.